The van der Waals surface area contributed by atoms with E-state index in [-0.39, 0.29) is 5.41 Å². The van der Waals surface area contributed by atoms with Crippen LogP contribution in [0, 0.1) is 0 Å². The molecule has 0 saturated heterocycles. The molecule has 0 amide bonds. The Hall–Kier alpha value is -1.84. The highest BCUT2D eigenvalue weighted by Gasteiger charge is 2.14. The number of hydrogen-bond acceptors (Lipinski definition) is 3. The summed E-state index contributed by atoms with van der Waals surface area (Å²) in [7, 11) is 1.90. The van der Waals surface area contributed by atoms with Gasteiger partial charge in [-0.1, -0.05) is 20.8 Å². The van der Waals surface area contributed by atoms with E-state index in [1.807, 2.05) is 19.3 Å². The Balaban J connectivity index is 2.26. The first-order valence-corrected chi connectivity index (χ1v) is 5.68. The zero-order valence-electron chi connectivity index (χ0n) is 10.7. The molecule has 0 saturated carbocycles. The Labute approximate surface area is 102 Å². The molecule has 0 aliphatic rings. The van der Waals surface area contributed by atoms with Gasteiger partial charge in [0.15, 0.2) is 0 Å². The van der Waals surface area contributed by atoms with Crippen molar-refractivity contribution in [1.82, 2.24) is 14.8 Å². The van der Waals surface area contributed by atoms with Gasteiger partial charge in [-0.25, -0.2) is 4.98 Å². The Kier molecular flexibility index (Phi) is 2.88. The lowest BCUT2D eigenvalue weighted by molar-refractivity contribution is 0.589. The van der Waals surface area contributed by atoms with Crippen molar-refractivity contribution in [3.63, 3.8) is 0 Å². The van der Waals surface area contributed by atoms with Crippen LogP contribution in [0.3, 0.4) is 0 Å². The van der Waals surface area contributed by atoms with Crippen molar-refractivity contribution in [2.75, 3.05) is 5.32 Å². The summed E-state index contributed by atoms with van der Waals surface area (Å²) in [5.74, 6) is 1.78. The maximum atomic E-state index is 4.32. The summed E-state index contributed by atoms with van der Waals surface area (Å²) in [6.07, 6.45) is 3.59. The first kappa shape index (κ1) is 11.6. The fourth-order valence-electron chi connectivity index (χ4n) is 1.59. The zero-order chi connectivity index (χ0) is 12.5. The summed E-state index contributed by atoms with van der Waals surface area (Å²) in [5.41, 5.74) is 1.39. The van der Waals surface area contributed by atoms with Gasteiger partial charge in [-0.05, 0) is 23.1 Å². The van der Waals surface area contributed by atoms with Crippen molar-refractivity contribution in [2.24, 2.45) is 7.05 Å². The lowest BCUT2D eigenvalue weighted by Gasteiger charge is -2.19. The molecule has 90 valence electrons. The fraction of sp³-hybridized carbons (Fsp3) is 0.385. The number of aryl methyl sites for hydroxylation is 1. The van der Waals surface area contributed by atoms with Crippen LogP contribution in [0.1, 0.15) is 26.3 Å². The molecule has 4 nitrogen and oxygen atoms in total. The van der Waals surface area contributed by atoms with Gasteiger partial charge >= 0.3 is 0 Å². The van der Waals surface area contributed by atoms with E-state index in [9.17, 15) is 0 Å². The maximum Gasteiger partial charge on any atom is 0.131 e. The summed E-state index contributed by atoms with van der Waals surface area (Å²) in [6, 6.07) is 6.05. The Morgan fingerprint density at radius 3 is 2.53 bits per heavy atom. The molecule has 0 aliphatic heterocycles. The van der Waals surface area contributed by atoms with Gasteiger partial charge in [0, 0.05) is 19.3 Å². The summed E-state index contributed by atoms with van der Waals surface area (Å²) >= 11 is 0. The molecule has 1 N–H and O–H groups in total. The summed E-state index contributed by atoms with van der Waals surface area (Å²) in [6.45, 7) is 6.57. The van der Waals surface area contributed by atoms with E-state index >= 15 is 0 Å². The third kappa shape index (κ3) is 2.64. The molecule has 0 spiro atoms. The van der Waals surface area contributed by atoms with E-state index in [0.29, 0.717) is 0 Å². The minimum atomic E-state index is 0.131. The van der Waals surface area contributed by atoms with Crippen LogP contribution in [0.15, 0.2) is 30.6 Å². The lowest BCUT2D eigenvalue weighted by atomic mass is 9.88. The predicted octanol–water partition coefficient (Wildman–Crippen LogP) is 2.86. The van der Waals surface area contributed by atoms with Gasteiger partial charge in [-0.2, -0.15) is 5.10 Å². The molecule has 0 aromatic carbocycles. The first-order chi connectivity index (χ1) is 7.97. The average molecular weight is 230 g/mol. The number of pyridine rings is 1. The van der Waals surface area contributed by atoms with Gasteiger partial charge in [-0.3, -0.25) is 4.68 Å². The van der Waals surface area contributed by atoms with Crippen molar-refractivity contribution in [1.29, 1.82) is 0 Å². The second-order valence-electron chi connectivity index (χ2n) is 5.14. The molecule has 0 unspecified atom stereocenters. The van der Waals surface area contributed by atoms with Crippen LogP contribution < -0.4 is 5.32 Å². The van der Waals surface area contributed by atoms with E-state index in [1.165, 1.54) is 5.56 Å². The highest BCUT2D eigenvalue weighted by atomic mass is 15.3. The molecule has 17 heavy (non-hydrogen) atoms. The third-order valence-corrected chi connectivity index (χ3v) is 2.70. The summed E-state index contributed by atoms with van der Waals surface area (Å²) < 4.78 is 1.78. The average Bonchev–Trinajstić information content (AvgIpc) is 2.64. The highest BCUT2D eigenvalue weighted by molar-refractivity contribution is 5.52. The number of anilines is 2. The van der Waals surface area contributed by atoms with Crippen LogP contribution in [0.2, 0.25) is 0 Å². The second kappa shape index (κ2) is 4.20. The molecule has 0 bridgehead atoms. The standard InChI is InChI=1S/C13H18N4/c1-13(2,3)10-5-7-14-11(9-10)16-12-6-8-15-17(12)4/h5-9H,1-4H3,(H,14,16). The third-order valence-electron chi connectivity index (χ3n) is 2.70. The Bertz CT molecular complexity index is 508. The molecule has 2 rings (SSSR count). The molecular formula is C13H18N4. The molecule has 4 heteroatoms. The van der Waals surface area contributed by atoms with Gasteiger partial charge in [0.1, 0.15) is 11.6 Å². The van der Waals surface area contributed by atoms with Crippen LogP contribution >= 0.6 is 0 Å². The summed E-state index contributed by atoms with van der Waals surface area (Å²) in [4.78, 5) is 4.32. The van der Waals surface area contributed by atoms with Crippen LogP contribution in [-0.2, 0) is 12.5 Å². The monoisotopic (exact) mass is 230 g/mol. The molecule has 0 radical (unpaired) electrons. The van der Waals surface area contributed by atoms with Crippen molar-refractivity contribution in [2.45, 2.75) is 26.2 Å². The minimum absolute atomic E-state index is 0.131. The van der Waals surface area contributed by atoms with Crippen molar-refractivity contribution in [3.05, 3.63) is 36.2 Å². The normalized spacial score (nSPS) is 11.5. The second-order valence-corrected chi connectivity index (χ2v) is 5.14. The summed E-state index contributed by atoms with van der Waals surface area (Å²) in [5, 5.41) is 7.36. The van der Waals surface area contributed by atoms with Gasteiger partial charge in [0.2, 0.25) is 0 Å². The predicted molar refractivity (Wildman–Crippen MR) is 69.4 cm³/mol. The number of nitrogens with zero attached hydrogens (tertiary/aromatic N) is 3. The van der Waals surface area contributed by atoms with Gasteiger partial charge in [0.25, 0.3) is 0 Å². The van der Waals surface area contributed by atoms with Crippen LogP contribution in [0.4, 0.5) is 11.6 Å². The number of hydrogen-bond donors (Lipinski definition) is 1. The molecule has 0 fully saturated rings. The van der Waals surface area contributed by atoms with Crippen molar-refractivity contribution < 1.29 is 0 Å². The van der Waals surface area contributed by atoms with E-state index in [4.69, 9.17) is 0 Å². The topological polar surface area (TPSA) is 42.7 Å². The number of nitrogens with one attached hydrogen (secondary N) is 1. The first-order valence-electron chi connectivity index (χ1n) is 5.68. The van der Waals surface area contributed by atoms with Gasteiger partial charge in [-0.15, -0.1) is 0 Å². The Morgan fingerprint density at radius 1 is 1.18 bits per heavy atom. The molecule has 0 atom stereocenters. The number of aromatic nitrogens is 3. The van der Waals surface area contributed by atoms with E-state index in [1.54, 1.807) is 10.9 Å². The SMILES string of the molecule is Cn1nccc1Nc1cc(C(C)(C)C)ccn1. The van der Waals surface area contributed by atoms with Gasteiger partial charge in [0.05, 0.1) is 6.20 Å². The van der Waals surface area contributed by atoms with Crippen molar-refractivity contribution >= 4 is 11.6 Å². The number of rotatable bonds is 2. The van der Waals surface area contributed by atoms with Crippen LogP contribution in [0.5, 0.6) is 0 Å². The van der Waals surface area contributed by atoms with Crippen LogP contribution in [0.25, 0.3) is 0 Å². The van der Waals surface area contributed by atoms with Crippen molar-refractivity contribution in [3.8, 4) is 0 Å². The zero-order valence-corrected chi connectivity index (χ0v) is 10.7. The largest absolute Gasteiger partial charge is 0.325 e. The fourth-order valence-corrected chi connectivity index (χ4v) is 1.59. The highest BCUT2D eigenvalue weighted by Crippen LogP contribution is 2.24. The molecule has 0 aliphatic carbocycles. The molecule has 2 aromatic heterocycles. The van der Waals surface area contributed by atoms with Crippen LogP contribution in [-0.4, -0.2) is 14.8 Å². The van der Waals surface area contributed by atoms with Gasteiger partial charge < -0.3 is 5.32 Å². The Morgan fingerprint density at radius 2 is 1.94 bits per heavy atom. The smallest absolute Gasteiger partial charge is 0.131 e. The van der Waals surface area contributed by atoms with E-state index in [0.717, 1.165) is 11.6 Å². The molecular weight excluding hydrogens is 212 g/mol. The van der Waals surface area contributed by atoms with E-state index in [2.05, 4.69) is 48.3 Å². The quantitative estimate of drug-likeness (QED) is 0.862. The lowest BCUT2D eigenvalue weighted by Crippen LogP contribution is -2.11. The van der Waals surface area contributed by atoms with E-state index < -0.39 is 0 Å². The molecule has 2 heterocycles. The molecule has 2 aromatic rings. The minimum Gasteiger partial charge on any atom is -0.325 e. The maximum absolute atomic E-state index is 4.32.